The first-order valence-corrected chi connectivity index (χ1v) is 12.8. The van der Waals surface area contributed by atoms with E-state index in [1.54, 1.807) is 49.6 Å². The maximum atomic E-state index is 13.5. The van der Waals surface area contributed by atoms with E-state index in [2.05, 4.69) is 20.6 Å². The van der Waals surface area contributed by atoms with Gasteiger partial charge >= 0.3 is 0 Å². The number of benzene rings is 3. The molecule has 0 saturated carbocycles. The molecule has 0 aliphatic rings. The molecular weight excluding hydrogens is 486 g/mol. The van der Waals surface area contributed by atoms with Crippen LogP contribution in [0.5, 0.6) is 5.75 Å². The highest BCUT2D eigenvalue weighted by Crippen LogP contribution is 2.30. The van der Waals surface area contributed by atoms with Crippen molar-refractivity contribution < 1.29 is 13.2 Å². The summed E-state index contributed by atoms with van der Waals surface area (Å²) in [4.78, 5) is 4.79. The number of aryl methyl sites for hydroxylation is 1. The molecule has 1 N–H and O–H groups in total. The van der Waals surface area contributed by atoms with Gasteiger partial charge < -0.3 is 10.1 Å². The second-order valence-electron chi connectivity index (χ2n) is 7.92. The van der Waals surface area contributed by atoms with Crippen molar-refractivity contribution in [2.45, 2.75) is 29.8 Å². The number of rotatable bonds is 7. The van der Waals surface area contributed by atoms with Gasteiger partial charge in [0.25, 0.3) is 0 Å². The maximum Gasteiger partial charge on any atom is 0.229 e. The predicted molar refractivity (Wildman–Crippen MR) is 135 cm³/mol. The van der Waals surface area contributed by atoms with Crippen LogP contribution in [-0.4, -0.2) is 35.3 Å². The van der Waals surface area contributed by atoms with Gasteiger partial charge in [-0.2, -0.15) is 4.52 Å². The Kier molecular flexibility index (Phi) is 6.04. The Bertz CT molecular complexity index is 1650. The van der Waals surface area contributed by atoms with Gasteiger partial charge in [0, 0.05) is 22.5 Å². The van der Waals surface area contributed by atoms with Crippen LogP contribution in [0, 0.1) is 0 Å². The fourth-order valence-electron chi connectivity index (χ4n) is 3.92. The van der Waals surface area contributed by atoms with E-state index in [0.717, 1.165) is 23.3 Å². The van der Waals surface area contributed by atoms with Crippen LogP contribution < -0.4 is 10.1 Å². The van der Waals surface area contributed by atoms with Crippen molar-refractivity contribution in [3.63, 3.8) is 0 Å². The Labute approximate surface area is 207 Å². The first-order chi connectivity index (χ1) is 16.9. The SMILES string of the molecule is CCc1ccc(S(=O)(=O)c2nnn3c2nc(NCc2ccccc2OC)c2cc(Cl)ccc23)cc1. The minimum absolute atomic E-state index is 0.127. The molecule has 0 bridgehead atoms. The van der Waals surface area contributed by atoms with Crippen LogP contribution in [0.2, 0.25) is 5.02 Å². The molecule has 5 aromatic rings. The quantitative estimate of drug-likeness (QED) is 0.333. The zero-order chi connectivity index (χ0) is 24.6. The minimum atomic E-state index is -3.95. The van der Waals surface area contributed by atoms with Gasteiger partial charge in [0.15, 0.2) is 5.65 Å². The van der Waals surface area contributed by atoms with Crippen LogP contribution >= 0.6 is 11.6 Å². The summed E-state index contributed by atoms with van der Waals surface area (Å²) in [5, 5.41) is 12.4. The van der Waals surface area contributed by atoms with Crippen LogP contribution in [0.15, 0.2) is 76.7 Å². The molecule has 5 rings (SSSR count). The highest BCUT2D eigenvalue weighted by Gasteiger charge is 2.27. The van der Waals surface area contributed by atoms with Gasteiger partial charge in [-0.15, -0.1) is 5.10 Å². The number of sulfone groups is 1. The standard InChI is InChI=1S/C25H22ClN5O3S/c1-3-16-8-11-19(12-9-16)35(32,33)25-24-28-23(27-15-17-6-4-5-7-22(17)34-2)20-14-18(26)10-13-21(20)31(24)30-29-25/h4-14H,3,15H2,1-2H3,(H,27,28). The molecule has 3 aromatic carbocycles. The number of hydrogen-bond donors (Lipinski definition) is 1. The Hall–Kier alpha value is -3.69. The molecule has 0 fully saturated rings. The molecule has 0 unspecified atom stereocenters. The molecule has 178 valence electrons. The van der Waals surface area contributed by atoms with Crippen molar-refractivity contribution in [2.24, 2.45) is 0 Å². The largest absolute Gasteiger partial charge is 0.496 e. The summed E-state index contributed by atoms with van der Waals surface area (Å²) in [6.45, 7) is 2.41. The summed E-state index contributed by atoms with van der Waals surface area (Å²) in [6, 6.07) is 19.6. The Morgan fingerprint density at radius 2 is 1.83 bits per heavy atom. The summed E-state index contributed by atoms with van der Waals surface area (Å²) < 4.78 is 33.8. The Morgan fingerprint density at radius 3 is 2.57 bits per heavy atom. The van der Waals surface area contributed by atoms with Crippen LogP contribution in [0.25, 0.3) is 16.6 Å². The highest BCUT2D eigenvalue weighted by molar-refractivity contribution is 7.91. The molecule has 0 atom stereocenters. The van der Waals surface area contributed by atoms with Gasteiger partial charge in [-0.25, -0.2) is 13.4 Å². The zero-order valence-corrected chi connectivity index (χ0v) is 20.6. The number of para-hydroxylation sites is 1. The van der Waals surface area contributed by atoms with Gasteiger partial charge in [0.2, 0.25) is 14.9 Å². The lowest BCUT2D eigenvalue weighted by Gasteiger charge is -2.13. The van der Waals surface area contributed by atoms with Crippen molar-refractivity contribution in [1.82, 2.24) is 19.8 Å². The monoisotopic (exact) mass is 507 g/mol. The molecule has 0 saturated heterocycles. The molecule has 0 amide bonds. The van der Waals surface area contributed by atoms with Crippen LogP contribution in [0.4, 0.5) is 5.82 Å². The topological polar surface area (TPSA) is 98.5 Å². The van der Waals surface area contributed by atoms with Crippen LogP contribution in [0.1, 0.15) is 18.1 Å². The molecule has 0 aliphatic heterocycles. The number of fused-ring (bicyclic) bond motifs is 3. The van der Waals surface area contributed by atoms with Crippen molar-refractivity contribution in [2.75, 3.05) is 12.4 Å². The second kappa shape index (κ2) is 9.16. The third-order valence-electron chi connectivity index (χ3n) is 5.81. The number of nitrogens with one attached hydrogen (secondary N) is 1. The summed E-state index contributed by atoms with van der Waals surface area (Å²) >= 11 is 6.27. The third-order valence-corrected chi connectivity index (χ3v) is 7.71. The minimum Gasteiger partial charge on any atom is -0.496 e. The van der Waals surface area contributed by atoms with E-state index >= 15 is 0 Å². The number of aromatic nitrogens is 4. The molecule has 8 nitrogen and oxygen atoms in total. The van der Waals surface area contributed by atoms with Gasteiger partial charge in [0.05, 0.1) is 17.5 Å². The van der Waals surface area contributed by atoms with Crippen molar-refractivity contribution in [1.29, 1.82) is 0 Å². The average Bonchev–Trinajstić information content (AvgIpc) is 3.32. The molecular formula is C25H22ClN5O3S. The van der Waals surface area contributed by atoms with Crippen LogP contribution in [-0.2, 0) is 22.8 Å². The summed E-state index contributed by atoms with van der Waals surface area (Å²) in [5.74, 6) is 1.19. The lowest BCUT2D eigenvalue weighted by molar-refractivity contribution is 0.410. The Morgan fingerprint density at radius 1 is 1.06 bits per heavy atom. The van der Waals surface area contributed by atoms with E-state index in [1.807, 2.05) is 31.2 Å². The number of hydrogen-bond acceptors (Lipinski definition) is 7. The number of ether oxygens (including phenoxy) is 1. The van der Waals surface area contributed by atoms with E-state index in [0.29, 0.717) is 28.3 Å². The van der Waals surface area contributed by atoms with Gasteiger partial charge in [-0.05, 0) is 48.4 Å². The number of nitrogens with zero attached hydrogens (tertiary/aromatic N) is 4. The molecule has 0 spiro atoms. The Balaban J connectivity index is 1.65. The fraction of sp³-hybridized carbons (Fsp3) is 0.160. The van der Waals surface area contributed by atoms with Gasteiger partial charge in [0.1, 0.15) is 11.6 Å². The normalized spacial score (nSPS) is 11.7. The number of halogens is 1. The van der Waals surface area contributed by atoms with E-state index in [4.69, 9.17) is 16.3 Å². The number of methoxy groups -OCH3 is 1. The van der Waals surface area contributed by atoms with E-state index in [9.17, 15) is 8.42 Å². The lowest BCUT2D eigenvalue weighted by atomic mass is 10.2. The molecule has 35 heavy (non-hydrogen) atoms. The highest BCUT2D eigenvalue weighted by atomic mass is 35.5. The third kappa shape index (κ3) is 4.17. The molecule has 2 heterocycles. The van der Waals surface area contributed by atoms with Crippen molar-refractivity contribution in [3.8, 4) is 5.75 Å². The summed E-state index contributed by atoms with van der Waals surface area (Å²) in [6.07, 6.45) is 0.812. The van der Waals surface area contributed by atoms with E-state index in [1.165, 1.54) is 4.52 Å². The van der Waals surface area contributed by atoms with E-state index < -0.39 is 9.84 Å². The maximum absolute atomic E-state index is 13.5. The smallest absolute Gasteiger partial charge is 0.229 e. The fourth-order valence-corrected chi connectivity index (χ4v) is 5.33. The summed E-state index contributed by atoms with van der Waals surface area (Å²) in [7, 11) is -2.34. The average molecular weight is 508 g/mol. The van der Waals surface area contributed by atoms with Gasteiger partial charge in [-0.3, -0.25) is 0 Å². The zero-order valence-electron chi connectivity index (χ0n) is 19.1. The molecule has 0 aliphatic carbocycles. The first-order valence-electron chi connectivity index (χ1n) is 11.0. The molecule has 10 heteroatoms. The van der Waals surface area contributed by atoms with Gasteiger partial charge in [-0.1, -0.05) is 54.1 Å². The van der Waals surface area contributed by atoms with E-state index in [-0.39, 0.29) is 15.6 Å². The van der Waals surface area contributed by atoms with Crippen molar-refractivity contribution in [3.05, 3.63) is 82.9 Å². The lowest BCUT2D eigenvalue weighted by Crippen LogP contribution is -2.08. The second-order valence-corrected chi connectivity index (χ2v) is 10.2. The predicted octanol–water partition coefficient (Wildman–Crippen LogP) is 4.95. The summed E-state index contributed by atoms with van der Waals surface area (Å²) in [5.41, 5.74) is 2.71. The van der Waals surface area contributed by atoms with Crippen molar-refractivity contribution >= 4 is 43.8 Å². The number of anilines is 1. The molecule has 0 radical (unpaired) electrons. The first kappa shape index (κ1) is 23.1. The van der Waals surface area contributed by atoms with Crippen LogP contribution in [0.3, 0.4) is 0 Å². The molecule has 2 aromatic heterocycles.